The number of methoxy groups -OCH3 is 1. The van der Waals surface area contributed by atoms with E-state index < -0.39 is 11.9 Å². The Morgan fingerprint density at radius 1 is 1.19 bits per heavy atom. The highest BCUT2D eigenvalue weighted by Crippen LogP contribution is 2.46. The van der Waals surface area contributed by atoms with E-state index in [1.54, 1.807) is 31.2 Å². The molecule has 1 atom stereocenters. The number of para-hydroxylation sites is 1. The molecule has 0 amide bonds. The van der Waals surface area contributed by atoms with Gasteiger partial charge >= 0.3 is 5.97 Å². The van der Waals surface area contributed by atoms with Gasteiger partial charge in [-0.2, -0.15) is 0 Å². The lowest BCUT2D eigenvalue weighted by molar-refractivity contribution is -0.140. The second-order valence-electron chi connectivity index (χ2n) is 9.07. The second kappa shape index (κ2) is 8.39. The van der Waals surface area contributed by atoms with Crippen molar-refractivity contribution >= 4 is 22.7 Å². The summed E-state index contributed by atoms with van der Waals surface area (Å²) < 4.78 is 16.1. The first-order valence-electron chi connectivity index (χ1n) is 10.6. The van der Waals surface area contributed by atoms with Gasteiger partial charge in [0.2, 0.25) is 0 Å². The molecule has 0 saturated heterocycles. The van der Waals surface area contributed by atoms with Crippen molar-refractivity contribution in [3.63, 3.8) is 0 Å². The van der Waals surface area contributed by atoms with Crippen LogP contribution < -0.4 is 10.7 Å². The number of nitrogens with one attached hydrogen (secondary N) is 1. The summed E-state index contributed by atoms with van der Waals surface area (Å²) in [5, 5.41) is 3.66. The van der Waals surface area contributed by atoms with Gasteiger partial charge in [0.15, 0.2) is 11.2 Å². The molecule has 32 heavy (non-hydrogen) atoms. The molecule has 4 rings (SSSR count). The van der Waals surface area contributed by atoms with E-state index in [9.17, 15) is 14.4 Å². The molecular weight excluding hydrogens is 410 g/mol. The van der Waals surface area contributed by atoms with Crippen LogP contribution in [0.4, 0.5) is 0 Å². The number of allylic oxidation sites excluding steroid dienone is 3. The van der Waals surface area contributed by atoms with Gasteiger partial charge in [0.25, 0.3) is 0 Å². The fraction of sp³-hybridized carbons (Fsp3) is 0.400. The highest BCUT2D eigenvalue weighted by Gasteiger charge is 2.44. The maximum Gasteiger partial charge on any atom is 0.336 e. The molecule has 7 nitrogen and oxygen atoms in total. The summed E-state index contributed by atoms with van der Waals surface area (Å²) in [6.07, 6.45) is 2.33. The van der Waals surface area contributed by atoms with E-state index in [4.69, 9.17) is 13.9 Å². The summed E-state index contributed by atoms with van der Waals surface area (Å²) in [4.78, 5) is 39.9. The normalized spacial score (nSPS) is 20.2. The van der Waals surface area contributed by atoms with Crippen molar-refractivity contribution in [3.8, 4) is 0 Å². The lowest BCUT2D eigenvalue weighted by Gasteiger charge is -2.39. The zero-order valence-electron chi connectivity index (χ0n) is 18.7. The number of benzene rings is 1. The molecule has 0 saturated carbocycles. The average molecular weight is 437 g/mol. The molecule has 2 aliphatic rings. The molecule has 1 N–H and O–H groups in total. The van der Waals surface area contributed by atoms with Crippen LogP contribution in [0.1, 0.15) is 45.1 Å². The van der Waals surface area contributed by atoms with Gasteiger partial charge in [-0.15, -0.1) is 0 Å². The van der Waals surface area contributed by atoms with Crippen molar-refractivity contribution < 1.29 is 23.5 Å². The molecule has 1 unspecified atom stereocenters. The predicted octanol–water partition coefficient (Wildman–Crippen LogP) is 3.59. The van der Waals surface area contributed by atoms with Crippen LogP contribution in [0, 0.1) is 5.41 Å². The number of hydrogen-bond acceptors (Lipinski definition) is 7. The maximum atomic E-state index is 13.5. The summed E-state index contributed by atoms with van der Waals surface area (Å²) in [6.45, 7) is 6.14. The van der Waals surface area contributed by atoms with Crippen molar-refractivity contribution in [3.05, 3.63) is 68.9 Å². The first-order chi connectivity index (χ1) is 15.2. The molecule has 1 aliphatic heterocycles. The number of hydrogen-bond donors (Lipinski definition) is 1. The quantitative estimate of drug-likeness (QED) is 0.564. The Labute approximate surface area is 186 Å². The lowest BCUT2D eigenvalue weighted by atomic mass is 9.68. The van der Waals surface area contributed by atoms with E-state index in [0.29, 0.717) is 35.1 Å². The monoisotopic (exact) mass is 437 g/mol. The largest absolute Gasteiger partial charge is 0.464 e. The standard InChI is InChI=1S/C25H27NO6/c1-14-20(24(29)31-10-9-30-4)21(22-17(26-14)11-25(2,3)12-18(22)27)16-13-32-19-8-6-5-7-15(19)23(16)28/h5-8,13,21,26H,9-12H2,1-4H3. The fourth-order valence-corrected chi connectivity index (χ4v) is 4.61. The zero-order chi connectivity index (χ0) is 23.0. The van der Waals surface area contributed by atoms with Gasteiger partial charge in [0.1, 0.15) is 12.2 Å². The molecule has 1 aromatic heterocycles. The smallest absolute Gasteiger partial charge is 0.336 e. The van der Waals surface area contributed by atoms with Gasteiger partial charge in [0, 0.05) is 36.1 Å². The average Bonchev–Trinajstić information content (AvgIpc) is 2.72. The van der Waals surface area contributed by atoms with Gasteiger partial charge in [0.05, 0.1) is 29.7 Å². The highest BCUT2D eigenvalue weighted by atomic mass is 16.6. The molecule has 0 bridgehead atoms. The lowest BCUT2D eigenvalue weighted by Crippen LogP contribution is -2.39. The van der Waals surface area contributed by atoms with Gasteiger partial charge in [-0.1, -0.05) is 26.0 Å². The number of fused-ring (bicyclic) bond motifs is 1. The summed E-state index contributed by atoms with van der Waals surface area (Å²) in [5.74, 6) is -1.53. The summed E-state index contributed by atoms with van der Waals surface area (Å²) >= 11 is 0. The minimum atomic E-state index is -0.856. The van der Waals surface area contributed by atoms with E-state index in [-0.39, 0.29) is 41.0 Å². The van der Waals surface area contributed by atoms with Crippen LogP contribution >= 0.6 is 0 Å². The van der Waals surface area contributed by atoms with Crippen molar-refractivity contribution in [2.75, 3.05) is 20.3 Å². The Hall–Kier alpha value is -3.19. The van der Waals surface area contributed by atoms with Crippen LogP contribution in [0.3, 0.4) is 0 Å². The van der Waals surface area contributed by atoms with Crippen LogP contribution in [-0.2, 0) is 19.1 Å². The van der Waals surface area contributed by atoms with Crippen molar-refractivity contribution in [2.24, 2.45) is 5.41 Å². The van der Waals surface area contributed by atoms with Crippen LogP contribution in [0.15, 0.2) is 62.3 Å². The van der Waals surface area contributed by atoms with E-state index in [0.717, 1.165) is 5.70 Å². The van der Waals surface area contributed by atoms with Gasteiger partial charge in [-0.3, -0.25) is 9.59 Å². The third kappa shape index (κ3) is 3.88. The number of Topliss-reactive ketones (excluding diaryl/α,β-unsaturated/α-hetero) is 1. The Bertz CT molecular complexity index is 1220. The number of rotatable bonds is 5. The van der Waals surface area contributed by atoms with Gasteiger partial charge in [-0.25, -0.2) is 4.79 Å². The highest BCUT2D eigenvalue weighted by molar-refractivity contribution is 6.04. The molecular formula is C25H27NO6. The number of dihydropyridines is 1. The van der Waals surface area contributed by atoms with Gasteiger partial charge in [-0.05, 0) is 30.9 Å². The van der Waals surface area contributed by atoms with E-state index in [1.165, 1.54) is 13.4 Å². The first kappa shape index (κ1) is 22.0. The predicted molar refractivity (Wildman–Crippen MR) is 119 cm³/mol. The minimum Gasteiger partial charge on any atom is -0.464 e. The molecule has 2 aromatic rings. The molecule has 168 valence electrons. The maximum absolute atomic E-state index is 13.5. The summed E-state index contributed by atoms with van der Waals surface area (Å²) in [6, 6.07) is 6.93. The molecule has 0 spiro atoms. The molecule has 0 radical (unpaired) electrons. The van der Waals surface area contributed by atoms with Crippen molar-refractivity contribution in [1.82, 2.24) is 5.32 Å². The molecule has 7 heteroatoms. The Balaban J connectivity index is 1.90. The minimum absolute atomic E-state index is 0.0675. The van der Waals surface area contributed by atoms with Crippen LogP contribution in [0.25, 0.3) is 11.0 Å². The summed E-state index contributed by atoms with van der Waals surface area (Å²) in [5.41, 5.74) is 2.21. The zero-order valence-corrected chi connectivity index (χ0v) is 18.7. The Morgan fingerprint density at radius 3 is 2.69 bits per heavy atom. The van der Waals surface area contributed by atoms with Crippen molar-refractivity contribution in [2.45, 2.75) is 39.5 Å². The van der Waals surface area contributed by atoms with Crippen LogP contribution in [0.2, 0.25) is 0 Å². The number of esters is 1. The molecule has 2 heterocycles. The number of ether oxygens (including phenoxy) is 2. The molecule has 1 aromatic carbocycles. The number of carbonyl (C=O) groups excluding carboxylic acids is 2. The molecule has 1 aliphatic carbocycles. The molecule has 0 fully saturated rings. The Kier molecular flexibility index (Phi) is 5.77. The van der Waals surface area contributed by atoms with E-state index >= 15 is 0 Å². The SMILES string of the molecule is COCCOC(=O)C1=C(C)NC2=C(C(=O)CC(C)(C)C2)C1c1coc2ccccc2c1=O. The Morgan fingerprint density at radius 2 is 1.94 bits per heavy atom. The van der Waals surface area contributed by atoms with Crippen LogP contribution in [-0.4, -0.2) is 32.1 Å². The topological polar surface area (TPSA) is 94.8 Å². The third-order valence-corrected chi connectivity index (χ3v) is 6.00. The third-order valence-electron chi connectivity index (χ3n) is 6.00. The summed E-state index contributed by atoms with van der Waals surface area (Å²) in [7, 11) is 1.52. The van der Waals surface area contributed by atoms with E-state index in [2.05, 4.69) is 5.32 Å². The number of carbonyl (C=O) groups is 2. The first-order valence-corrected chi connectivity index (χ1v) is 10.6. The second-order valence-corrected chi connectivity index (χ2v) is 9.07. The number of ketones is 1. The van der Waals surface area contributed by atoms with E-state index in [1.807, 2.05) is 13.8 Å². The fourth-order valence-electron chi connectivity index (χ4n) is 4.61. The van der Waals surface area contributed by atoms with Gasteiger partial charge < -0.3 is 19.2 Å². The van der Waals surface area contributed by atoms with Crippen molar-refractivity contribution in [1.29, 1.82) is 0 Å². The van der Waals surface area contributed by atoms with Crippen LogP contribution in [0.5, 0.6) is 0 Å².